The number of benzene rings is 2. The maximum absolute atomic E-state index is 13.5. The zero-order chi connectivity index (χ0) is 16.8. The van der Waals surface area contributed by atoms with Gasteiger partial charge in [-0.2, -0.15) is 5.10 Å². The summed E-state index contributed by atoms with van der Waals surface area (Å²) in [5.41, 5.74) is 2.29. The molecule has 1 N–H and O–H groups in total. The largest absolute Gasteiger partial charge is 0.355 e. The van der Waals surface area contributed by atoms with Crippen LogP contribution >= 0.6 is 0 Å². The van der Waals surface area contributed by atoms with Crippen molar-refractivity contribution in [3.05, 3.63) is 83.9 Å². The van der Waals surface area contributed by atoms with Crippen LogP contribution in [0, 0.1) is 5.82 Å². The Kier molecular flexibility index (Phi) is 5.01. The van der Waals surface area contributed by atoms with E-state index in [0.717, 1.165) is 11.4 Å². The van der Waals surface area contributed by atoms with Crippen LogP contribution in [0.2, 0.25) is 0 Å². The topological polar surface area (TPSA) is 46.9 Å². The normalized spacial score (nSPS) is 10.5. The highest BCUT2D eigenvalue weighted by Gasteiger charge is 2.07. The van der Waals surface area contributed by atoms with E-state index < -0.39 is 0 Å². The van der Waals surface area contributed by atoms with Gasteiger partial charge in [-0.25, -0.2) is 9.07 Å². The molecule has 3 aromatic rings. The summed E-state index contributed by atoms with van der Waals surface area (Å²) in [7, 11) is 0. The van der Waals surface area contributed by atoms with Crippen LogP contribution in [-0.4, -0.2) is 22.2 Å². The van der Waals surface area contributed by atoms with E-state index in [1.54, 1.807) is 22.9 Å². The molecule has 0 fully saturated rings. The van der Waals surface area contributed by atoms with Crippen molar-refractivity contribution in [3.8, 4) is 5.69 Å². The van der Waals surface area contributed by atoms with Gasteiger partial charge in [0.25, 0.3) is 0 Å². The highest BCUT2D eigenvalue weighted by atomic mass is 19.1. The van der Waals surface area contributed by atoms with Crippen molar-refractivity contribution < 1.29 is 9.18 Å². The summed E-state index contributed by atoms with van der Waals surface area (Å²) < 4.78 is 15.3. The lowest BCUT2D eigenvalue weighted by atomic mass is 10.1. The highest BCUT2D eigenvalue weighted by molar-refractivity contribution is 5.78. The summed E-state index contributed by atoms with van der Waals surface area (Å²) in [5.74, 6) is -0.545. The van der Waals surface area contributed by atoms with E-state index >= 15 is 0 Å². The average Bonchev–Trinajstić information content (AvgIpc) is 3.07. The van der Waals surface area contributed by atoms with Crippen molar-refractivity contribution in [1.29, 1.82) is 0 Å². The number of carbonyl (C=O) groups is 1. The first-order valence-electron chi connectivity index (χ1n) is 7.82. The maximum atomic E-state index is 13.5. The molecule has 1 aromatic heterocycles. The first-order chi connectivity index (χ1) is 11.7. The molecule has 0 aliphatic rings. The molecule has 0 spiro atoms. The van der Waals surface area contributed by atoms with E-state index in [-0.39, 0.29) is 18.1 Å². The molecule has 1 amide bonds. The van der Waals surface area contributed by atoms with Crippen LogP contribution in [0.5, 0.6) is 0 Å². The molecule has 24 heavy (non-hydrogen) atoms. The van der Waals surface area contributed by atoms with E-state index in [1.165, 1.54) is 6.07 Å². The standard InChI is InChI=1S/C19H18FN3O/c20-18-9-5-4-6-15(18)14-19(24)21-12-10-16-11-13-23(22-16)17-7-2-1-3-8-17/h1-9,11,13H,10,12,14H2,(H,21,24). The third-order valence-electron chi connectivity index (χ3n) is 3.68. The van der Waals surface area contributed by atoms with E-state index in [9.17, 15) is 9.18 Å². The number of rotatable bonds is 6. The van der Waals surface area contributed by atoms with Crippen LogP contribution in [0.25, 0.3) is 5.69 Å². The number of halogens is 1. The number of nitrogens with one attached hydrogen (secondary N) is 1. The molecule has 3 rings (SSSR count). The van der Waals surface area contributed by atoms with Crippen LogP contribution in [0.15, 0.2) is 66.9 Å². The second kappa shape index (κ2) is 7.55. The maximum Gasteiger partial charge on any atom is 0.224 e. The van der Waals surface area contributed by atoms with Gasteiger partial charge in [0, 0.05) is 19.2 Å². The number of amides is 1. The van der Waals surface area contributed by atoms with Crippen molar-refractivity contribution in [1.82, 2.24) is 15.1 Å². The Morgan fingerprint density at radius 1 is 1.04 bits per heavy atom. The Bertz CT molecular complexity index is 814. The molecule has 5 heteroatoms. The van der Waals surface area contributed by atoms with Crippen molar-refractivity contribution >= 4 is 5.91 Å². The van der Waals surface area contributed by atoms with Crippen molar-refractivity contribution in [2.45, 2.75) is 12.8 Å². The van der Waals surface area contributed by atoms with Crippen molar-refractivity contribution in [2.24, 2.45) is 0 Å². The summed E-state index contributed by atoms with van der Waals surface area (Å²) in [6, 6.07) is 18.1. The van der Waals surface area contributed by atoms with Gasteiger partial charge in [-0.05, 0) is 29.8 Å². The Balaban J connectivity index is 1.49. The fourth-order valence-corrected chi connectivity index (χ4v) is 2.43. The minimum Gasteiger partial charge on any atom is -0.355 e. The van der Waals surface area contributed by atoms with E-state index in [4.69, 9.17) is 0 Å². The minimum atomic E-state index is -0.353. The van der Waals surface area contributed by atoms with Crippen LogP contribution < -0.4 is 5.32 Å². The first-order valence-corrected chi connectivity index (χ1v) is 7.82. The SMILES string of the molecule is O=C(Cc1ccccc1F)NCCc1ccn(-c2ccccc2)n1. The monoisotopic (exact) mass is 323 g/mol. The Hall–Kier alpha value is -2.95. The number of nitrogens with zero attached hydrogens (tertiary/aromatic N) is 2. The molecule has 0 saturated heterocycles. The van der Waals surface area contributed by atoms with Gasteiger partial charge in [-0.1, -0.05) is 36.4 Å². The molecule has 0 radical (unpaired) electrons. The Labute approximate surface area is 139 Å². The molecule has 4 nitrogen and oxygen atoms in total. The lowest BCUT2D eigenvalue weighted by Crippen LogP contribution is -2.27. The van der Waals surface area contributed by atoms with Gasteiger partial charge in [0.1, 0.15) is 5.82 Å². The third-order valence-corrected chi connectivity index (χ3v) is 3.68. The number of aromatic nitrogens is 2. The zero-order valence-corrected chi connectivity index (χ0v) is 13.2. The summed E-state index contributed by atoms with van der Waals surface area (Å²) >= 11 is 0. The number of para-hydroxylation sites is 1. The van der Waals surface area contributed by atoms with Gasteiger partial charge < -0.3 is 5.32 Å². The van der Waals surface area contributed by atoms with Gasteiger partial charge in [0.2, 0.25) is 5.91 Å². The molecular formula is C19H18FN3O. The second-order valence-corrected chi connectivity index (χ2v) is 5.46. The fourth-order valence-electron chi connectivity index (χ4n) is 2.43. The van der Waals surface area contributed by atoms with E-state index in [1.807, 2.05) is 42.6 Å². The molecule has 0 bridgehead atoms. The number of carbonyl (C=O) groups excluding carboxylic acids is 1. The second-order valence-electron chi connectivity index (χ2n) is 5.46. The summed E-state index contributed by atoms with van der Waals surface area (Å²) in [6.07, 6.45) is 2.57. The van der Waals surface area contributed by atoms with E-state index in [0.29, 0.717) is 18.5 Å². The van der Waals surface area contributed by atoms with Crippen LogP contribution in [0.4, 0.5) is 4.39 Å². The van der Waals surface area contributed by atoms with Crippen molar-refractivity contribution in [2.75, 3.05) is 6.54 Å². The molecule has 2 aromatic carbocycles. The number of hydrogen-bond acceptors (Lipinski definition) is 2. The molecular weight excluding hydrogens is 305 g/mol. The summed E-state index contributed by atoms with van der Waals surface area (Å²) in [5, 5.41) is 7.28. The highest BCUT2D eigenvalue weighted by Crippen LogP contribution is 2.08. The molecule has 1 heterocycles. The Morgan fingerprint density at radius 2 is 1.79 bits per heavy atom. The lowest BCUT2D eigenvalue weighted by molar-refractivity contribution is -0.120. The third kappa shape index (κ3) is 4.07. The molecule has 0 unspecified atom stereocenters. The number of hydrogen-bond donors (Lipinski definition) is 1. The van der Waals surface area contributed by atoms with Gasteiger partial charge in [-0.15, -0.1) is 0 Å². The van der Waals surface area contributed by atoms with Crippen LogP contribution in [0.1, 0.15) is 11.3 Å². The molecule has 0 saturated carbocycles. The summed E-state index contributed by atoms with van der Waals surface area (Å²) in [6.45, 7) is 0.471. The predicted octanol–water partition coefficient (Wildman–Crippen LogP) is 2.91. The van der Waals surface area contributed by atoms with Gasteiger partial charge in [0.05, 0.1) is 17.8 Å². The zero-order valence-electron chi connectivity index (χ0n) is 13.2. The Morgan fingerprint density at radius 3 is 2.58 bits per heavy atom. The smallest absolute Gasteiger partial charge is 0.224 e. The van der Waals surface area contributed by atoms with E-state index in [2.05, 4.69) is 10.4 Å². The molecule has 122 valence electrons. The van der Waals surface area contributed by atoms with Gasteiger partial charge in [-0.3, -0.25) is 4.79 Å². The lowest BCUT2D eigenvalue weighted by Gasteiger charge is -2.05. The predicted molar refractivity (Wildman–Crippen MR) is 90.4 cm³/mol. The quantitative estimate of drug-likeness (QED) is 0.758. The van der Waals surface area contributed by atoms with Gasteiger partial charge >= 0.3 is 0 Å². The van der Waals surface area contributed by atoms with Crippen molar-refractivity contribution in [3.63, 3.8) is 0 Å². The minimum absolute atomic E-state index is 0.0468. The fraction of sp³-hybridized carbons (Fsp3) is 0.158. The van der Waals surface area contributed by atoms with Gasteiger partial charge in [0.15, 0.2) is 0 Å². The molecule has 0 aliphatic carbocycles. The average molecular weight is 323 g/mol. The summed E-state index contributed by atoms with van der Waals surface area (Å²) in [4.78, 5) is 11.9. The molecule has 0 atom stereocenters. The van der Waals surface area contributed by atoms with Crippen LogP contribution in [-0.2, 0) is 17.6 Å². The van der Waals surface area contributed by atoms with Crippen LogP contribution in [0.3, 0.4) is 0 Å². The molecule has 0 aliphatic heterocycles. The first kappa shape index (κ1) is 15.9.